The number of piperidine rings is 1. The van der Waals surface area contributed by atoms with Crippen LogP contribution in [-0.2, 0) is 6.54 Å². The Balaban J connectivity index is 1.64. The highest BCUT2D eigenvalue weighted by atomic mass is 19.1. The number of hydrogen-bond donors (Lipinski definition) is 2. The maximum atomic E-state index is 12.9. The summed E-state index contributed by atoms with van der Waals surface area (Å²) in [7, 11) is 0. The lowest BCUT2D eigenvalue weighted by molar-refractivity contribution is 0.453. The van der Waals surface area contributed by atoms with Crippen molar-refractivity contribution in [2.75, 3.05) is 18.4 Å². The molecule has 0 saturated carbocycles. The average Bonchev–Trinajstić information content (AvgIpc) is 2.55. The fourth-order valence-electron chi connectivity index (χ4n) is 2.60. The van der Waals surface area contributed by atoms with Crippen molar-refractivity contribution in [2.24, 2.45) is 0 Å². The zero-order valence-electron chi connectivity index (χ0n) is 11.8. The number of rotatable bonds is 4. The topological polar surface area (TPSA) is 49.8 Å². The highest BCUT2D eigenvalue weighted by Crippen LogP contribution is 2.24. The van der Waals surface area contributed by atoms with Crippen LogP contribution in [0.15, 0.2) is 36.7 Å². The molecule has 0 radical (unpaired) electrons. The van der Waals surface area contributed by atoms with Crippen LogP contribution in [0.3, 0.4) is 0 Å². The number of benzene rings is 1. The SMILES string of the molecule is Fc1ccc(CNc2cc(C3CCNCC3)ncn2)cc1. The van der Waals surface area contributed by atoms with Gasteiger partial charge in [-0.15, -0.1) is 0 Å². The van der Waals surface area contributed by atoms with Crippen molar-refractivity contribution >= 4 is 5.82 Å². The second kappa shape index (κ2) is 6.63. The fourth-order valence-corrected chi connectivity index (χ4v) is 2.60. The molecule has 1 aromatic carbocycles. The second-order valence-corrected chi connectivity index (χ2v) is 5.33. The van der Waals surface area contributed by atoms with Gasteiger partial charge in [0.25, 0.3) is 0 Å². The number of anilines is 1. The molecule has 0 atom stereocenters. The Labute approximate surface area is 123 Å². The summed E-state index contributed by atoms with van der Waals surface area (Å²) in [6.45, 7) is 2.73. The predicted molar refractivity (Wildman–Crippen MR) is 80.6 cm³/mol. The standard InChI is InChI=1S/C16H19FN4/c17-14-3-1-12(2-4-14)10-19-16-9-15(20-11-21-16)13-5-7-18-8-6-13/h1-4,9,11,13,18H,5-8,10H2,(H,19,20,21). The predicted octanol–water partition coefficient (Wildman–Crippen LogP) is 2.69. The third kappa shape index (κ3) is 3.76. The number of halogens is 1. The number of aromatic nitrogens is 2. The van der Waals surface area contributed by atoms with Crippen LogP contribution >= 0.6 is 0 Å². The Morgan fingerprint density at radius 3 is 2.67 bits per heavy atom. The van der Waals surface area contributed by atoms with Crippen molar-refractivity contribution in [3.05, 3.63) is 53.7 Å². The molecule has 2 heterocycles. The zero-order chi connectivity index (χ0) is 14.5. The summed E-state index contributed by atoms with van der Waals surface area (Å²) in [6, 6.07) is 8.52. The molecule has 0 unspecified atom stereocenters. The minimum atomic E-state index is -0.214. The average molecular weight is 286 g/mol. The molecule has 0 bridgehead atoms. The van der Waals surface area contributed by atoms with Crippen LogP contribution in [0.2, 0.25) is 0 Å². The van der Waals surface area contributed by atoms with Gasteiger partial charge in [0.1, 0.15) is 18.0 Å². The van der Waals surface area contributed by atoms with E-state index in [2.05, 4.69) is 20.6 Å². The van der Waals surface area contributed by atoms with Crippen LogP contribution in [0, 0.1) is 5.82 Å². The van der Waals surface area contributed by atoms with Gasteiger partial charge in [-0.25, -0.2) is 14.4 Å². The molecule has 1 aromatic heterocycles. The molecular formula is C16H19FN4. The lowest BCUT2D eigenvalue weighted by Crippen LogP contribution is -2.27. The van der Waals surface area contributed by atoms with Crippen molar-refractivity contribution in [3.63, 3.8) is 0 Å². The summed E-state index contributed by atoms with van der Waals surface area (Å²) in [5.41, 5.74) is 2.13. The quantitative estimate of drug-likeness (QED) is 0.907. The van der Waals surface area contributed by atoms with E-state index in [9.17, 15) is 4.39 Å². The third-order valence-corrected chi connectivity index (χ3v) is 3.83. The Kier molecular flexibility index (Phi) is 4.40. The molecular weight excluding hydrogens is 267 g/mol. The summed E-state index contributed by atoms with van der Waals surface area (Å²) in [5.74, 6) is 1.12. The molecule has 4 nitrogen and oxygen atoms in total. The summed E-state index contributed by atoms with van der Waals surface area (Å²) in [6.07, 6.45) is 3.85. The van der Waals surface area contributed by atoms with E-state index >= 15 is 0 Å². The van der Waals surface area contributed by atoms with Crippen molar-refractivity contribution in [2.45, 2.75) is 25.3 Å². The van der Waals surface area contributed by atoms with E-state index in [-0.39, 0.29) is 5.82 Å². The van der Waals surface area contributed by atoms with Gasteiger partial charge in [0.2, 0.25) is 0 Å². The van der Waals surface area contributed by atoms with Gasteiger partial charge >= 0.3 is 0 Å². The number of hydrogen-bond acceptors (Lipinski definition) is 4. The van der Waals surface area contributed by atoms with Crippen molar-refractivity contribution in [1.29, 1.82) is 0 Å². The van der Waals surface area contributed by atoms with Crippen LogP contribution in [0.1, 0.15) is 30.0 Å². The molecule has 0 spiro atoms. The zero-order valence-corrected chi connectivity index (χ0v) is 11.8. The van der Waals surface area contributed by atoms with E-state index in [0.717, 1.165) is 43.0 Å². The van der Waals surface area contributed by atoms with Crippen LogP contribution in [0.25, 0.3) is 0 Å². The highest BCUT2D eigenvalue weighted by molar-refractivity contribution is 5.37. The molecule has 1 saturated heterocycles. The molecule has 1 fully saturated rings. The van der Waals surface area contributed by atoms with Gasteiger partial charge in [-0.1, -0.05) is 12.1 Å². The van der Waals surface area contributed by atoms with Crippen LogP contribution in [0.4, 0.5) is 10.2 Å². The minimum absolute atomic E-state index is 0.214. The van der Waals surface area contributed by atoms with Gasteiger partial charge < -0.3 is 10.6 Å². The van der Waals surface area contributed by atoms with Gasteiger partial charge in [0.15, 0.2) is 0 Å². The Bertz CT molecular complexity index is 579. The van der Waals surface area contributed by atoms with E-state index in [1.54, 1.807) is 18.5 Å². The summed E-state index contributed by atoms with van der Waals surface area (Å²) < 4.78 is 12.9. The lowest BCUT2D eigenvalue weighted by Gasteiger charge is -2.22. The molecule has 110 valence electrons. The van der Waals surface area contributed by atoms with Gasteiger partial charge in [-0.2, -0.15) is 0 Å². The number of nitrogens with zero attached hydrogens (tertiary/aromatic N) is 2. The maximum absolute atomic E-state index is 12.9. The van der Waals surface area contributed by atoms with Gasteiger partial charge in [0.05, 0.1) is 0 Å². The number of nitrogens with one attached hydrogen (secondary N) is 2. The van der Waals surface area contributed by atoms with Gasteiger partial charge in [-0.3, -0.25) is 0 Å². The summed E-state index contributed by atoms with van der Waals surface area (Å²) in [5, 5.41) is 6.63. The Morgan fingerprint density at radius 1 is 1.14 bits per heavy atom. The van der Waals surface area contributed by atoms with E-state index in [1.807, 2.05) is 6.07 Å². The summed E-state index contributed by atoms with van der Waals surface area (Å²) in [4.78, 5) is 8.66. The lowest BCUT2D eigenvalue weighted by atomic mass is 9.94. The smallest absolute Gasteiger partial charge is 0.129 e. The van der Waals surface area contributed by atoms with E-state index in [4.69, 9.17) is 0 Å². The first-order chi connectivity index (χ1) is 10.3. The molecule has 0 aliphatic carbocycles. The van der Waals surface area contributed by atoms with Crippen LogP contribution in [0.5, 0.6) is 0 Å². The largest absolute Gasteiger partial charge is 0.366 e. The Hall–Kier alpha value is -2.01. The molecule has 5 heteroatoms. The van der Waals surface area contributed by atoms with Crippen LogP contribution in [-0.4, -0.2) is 23.1 Å². The first-order valence-corrected chi connectivity index (χ1v) is 7.32. The Morgan fingerprint density at radius 2 is 1.90 bits per heavy atom. The third-order valence-electron chi connectivity index (χ3n) is 3.83. The molecule has 3 rings (SSSR count). The molecule has 1 aliphatic heterocycles. The van der Waals surface area contributed by atoms with Crippen molar-refractivity contribution < 1.29 is 4.39 Å². The normalized spacial score (nSPS) is 15.9. The monoisotopic (exact) mass is 286 g/mol. The van der Waals surface area contributed by atoms with E-state index in [1.165, 1.54) is 12.1 Å². The van der Waals surface area contributed by atoms with E-state index < -0.39 is 0 Å². The van der Waals surface area contributed by atoms with Gasteiger partial charge in [0, 0.05) is 24.2 Å². The van der Waals surface area contributed by atoms with Gasteiger partial charge in [-0.05, 0) is 43.6 Å². The van der Waals surface area contributed by atoms with Crippen LogP contribution < -0.4 is 10.6 Å². The van der Waals surface area contributed by atoms with Crippen molar-refractivity contribution in [3.8, 4) is 0 Å². The van der Waals surface area contributed by atoms with E-state index in [0.29, 0.717) is 12.5 Å². The first-order valence-electron chi connectivity index (χ1n) is 7.32. The fraction of sp³-hybridized carbons (Fsp3) is 0.375. The maximum Gasteiger partial charge on any atom is 0.129 e. The molecule has 21 heavy (non-hydrogen) atoms. The molecule has 2 N–H and O–H groups in total. The molecule has 2 aromatic rings. The highest BCUT2D eigenvalue weighted by Gasteiger charge is 2.16. The minimum Gasteiger partial charge on any atom is -0.366 e. The first kappa shape index (κ1) is 13.9. The molecule has 1 aliphatic rings. The summed E-state index contributed by atoms with van der Waals surface area (Å²) >= 11 is 0. The molecule has 0 amide bonds. The second-order valence-electron chi connectivity index (χ2n) is 5.33. The van der Waals surface area contributed by atoms with Crippen molar-refractivity contribution in [1.82, 2.24) is 15.3 Å².